The van der Waals surface area contributed by atoms with E-state index in [1.807, 2.05) is 6.92 Å². The summed E-state index contributed by atoms with van der Waals surface area (Å²) in [6, 6.07) is 0.905. The van der Waals surface area contributed by atoms with Gasteiger partial charge in [-0.1, -0.05) is 19.6 Å². The van der Waals surface area contributed by atoms with Crippen LogP contribution in [0.25, 0.3) is 0 Å². The Kier molecular flexibility index (Phi) is 7.05. The number of hydrogen-bond donors (Lipinski definition) is 2. The maximum Gasteiger partial charge on any atom is 0.285 e. The summed E-state index contributed by atoms with van der Waals surface area (Å²) in [6.07, 6.45) is 1.56. The van der Waals surface area contributed by atoms with Crippen LogP contribution in [-0.2, 0) is 11.5 Å². The Morgan fingerprint density at radius 3 is 2.76 bits per heavy atom. The van der Waals surface area contributed by atoms with E-state index in [1.54, 1.807) is 6.20 Å². The zero-order valence-electron chi connectivity index (χ0n) is 13.0. The fourth-order valence-corrected chi connectivity index (χ4v) is 2.68. The second-order valence-electron chi connectivity index (χ2n) is 6.25. The number of hydrogen-bond acceptors (Lipinski definition) is 5. The summed E-state index contributed by atoms with van der Waals surface area (Å²) < 4.78 is 7.20. The highest BCUT2D eigenvalue weighted by Gasteiger charge is 2.13. The minimum absolute atomic E-state index is 0.0185. The number of ether oxygens (including phenoxy) is 1. The Hall–Kier alpha value is -0.703. The molecule has 0 saturated carbocycles. The lowest BCUT2D eigenvalue weighted by atomic mass is 10.3. The van der Waals surface area contributed by atoms with Crippen molar-refractivity contribution in [1.29, 1.82) is 0 Å². The van der Waals surface area contributed by atoms with Crippen molar-refractivity contribution in [3.05, 3.63) is 21.0 Å². The Bertz CT molecular complexity index is 516. The van der Waals surface area contributed by atoms with Gasteiger partial charge in [0.15, 0.2) is 0 Å². The normalized spacial score (nSPS) is 13.2. The molecule has 1 atom stereocenters. The van der Waals surface area contributed by atoms with Crippen molar-refractivity contribution < 1.29 is 9.84 Å². The SMILES string of the molecule is C[C@@H](CO)Nc1cnn(COCC[Si](C)(C)C)c(=O)c1Br. The molecule has 21 heavy (non-hydrogen) atoms. The summed E-state index contributed by atoms with van der Waals surface area (Å²) in [5, 5.41) is 16.1. The summed E-state index contributed by atoms with van der Waals surface area (Å²) in [5.41, 5.74) is 0.318. The summed E-state index contributed by atoms with van der Waals surface area (Å²) in [4.78, 5) is 12.1. The van der Waals surface area contributed by atoms with Crippen LogP contribution < -0.4 is 10.9 Å². The third-order valence-corrected chi connectivity index (χ3v) is 5.34. The smallest absolute Gasteiger partial charge is 0.285 e. The van der Waals surface area contributed by atoms with Crippen LogP contribution in [0.2, 0.25) is 25.7 Å². The highest BCUT2D eigenvalue weighted by Crippen LogP contribution is 2.17. The highest BCUT2D eigenvalue weighted by molar-refractivity contribution is 9.10. The maximum absolute atomic E-state index is 12.1. The molecule has 6 nitrogen and oxygen atoms in total. The summed E-state index contributed by atoms with van der Waals surface area (Å²) in [6.45, 7) is 9.42. The zero-order valence-corrected chi connectivity index (χ0v) is 15.6. The van der Waals surface area contributed by atoms with Crippen LogP contribution >= 0.6 is 15.9 Å². The van der Waals surface area contributed by atoms with Crippen LogP contribution in [0.4, 0.5) is 5.69 Å². The first kappa shape index (κ1) is 18.3. The van der Waals surface area contributed by atoms with Crippen molar-refractivity contribution in [2.75, 3.05) is 18.5 Å². The van der Waals surface area contributed by atoms with Gasteiger partial charge in [0.1, 0.15) is 11.2 Å². The molecule has 8 heteroatoms. The second-order valence-corrected chi connectivity index (χ2v) is 12.7. The summed E-state index contributed by atoms with van der Waals surface area (Å²) in [7, 11) is -1.13. The first-order chi connectivity index (χ1) is 9.74. The van der Waals surface area contributed by atoms with Crippen LogP contribution in [-0.4, -0.2) is 42.2 Å². The Labute approximate surface area is 134 Å². The quantitative estimate of drug-likeness (QED) is 0.535. The second kappa shape index (κ2) is 8.07. The van der Waals surface area contributed by atoms with Gasteiger partial charge in [0, 0.05) is 20.7 Å². The standard InChI is InChI=1S/C13H24BrN3O3Si/c1-10(8-18)16-11-7-15-17(13(19)12(11)14)9-20-5-6-21(2,3)4/h7,10,16,18H,5-6,8-9H2,1-4H3/t10-/m0/s1. The third-order valence-electron chi connectivity index (χ3n) is 2.87. The van der Waals surface area contributed by atoms with Gasteiger partial charge < -0.3 is 15.2 Å². The summed E-state index contributed by atoms with van der Waals surface area (Å²) >= 11 is 3.26. The van der Waals surface area contributed by atoms with Crippen LogP contribution in [0.3, 0.4) is 0 Å². The topological polar surface area (TPSA) is 76.4 Å². The van der Waals surface area contributed by atoms with Gasteiger partial charge in [-0.3, -0.25) is 4.79 Å². The molecular weight excluding hydrogens is 354 g/mol. The number of nitrogens with zero attached hydrogens (tertiary/aromatic N) is 2. The van der Waals surface area contributed by atoms with E-state index in [2.05, 4.69) is 46.0 Å². The molecule has 120 valence electrons. The Morgan fingerprint density at radius 1 is 1.52 bits per heavy atom. The molecule has 2 N–H and O–H groups in total. The maximum atomic E-state index is 12.1. The lowest BCUT2D eigenvalue weighted by Gasteiger charge is -2.16. The zero-order chi connectivity index (χ0) is 16.0. The van der Waals surface area contributed by atoms with E-state index in [9.17, 15) is 4.79 Å². The van der Waals surface area contributed by atoms with E-state index in [1.165, 1.54) is 4.68 Å². The number of aliphatic hydroxyl groups is 1. The average Bonchev–Trinajstić information content (AvgIpc) is 2.40. The molecule has 0 aromatic carbocycles. The van der Waals surface area contributed by atoms with Gasteiger partial charge in [0.25, 0.3) is 5.56 Å². The molecule has 0 unspecified atom stereocenters. The number of anilines is 1. The predicted octanol–water partition coefficient (Wildman–Crippen LogP) is 2.11. The molecule has 0 spiro atoms. The Balaban J connectivity index is 2.65. The molecule has 1 aromatic heterocycles. The van der Waals surface area contributed by atoms with E-state index >= 15 is 0 Å². The van der Waals surface area contributed by atoms with E-state index in [0.717, 1.165) is 6.04 Å². The van der Waals surface area contributed by atoms with Crippen LogP contribution in [0.5, 0.6) is 0 Å². The fourth-order valence-electron chi connectivity index (χ4n) is 1.50. The number of nitrogens with one attached hydrogen (secondary N) is 1. The van der Waals surface area contributed by atoms with E-state index in [-0.39, 0.29) is 24.9 Å². The molecule has 0 amide bonds. The minimum atomic E-state index is -1.13. The third kappa shape index (κ3) is 6.29. The average molecular weight is 378 g/mol. The van der Waals surface area contributed by atoms with Crippen LogP contribution in [0.1, 0.15) is 6.92 Å². The highest BCUT2D eigenvalue weighted by atomic mass is 79.9. The van der Waals surface area contributed by atoms with Crippen LogP contribution in [0, 0.1) is 0 Å². The van der Waals surface area contributed by atoms with Crippen LogP contribution in [0.15, 0.2) is 15.5 Å². The van der Waals surface area contributed by atoms with Crippen molar-refractivity contribution in [3.8, 4) is 0 Å². The molecule has 0 saturated heterocycles. The predicted molar refractivity (Wildman–Crippen MR) is 90.5 cm³/mol. The molecule has 0 aliphatic carbocycles. The van der Waals surface area contributed by atoms with Crippen molar-refractivity contribution >= 4 is 29.7 Å². The first-order valence-corrected chi connectivity index (χ1v) is 11.5. The van der Waals surface area contributed by atoms with Gasteiger partial charge in [-0.25, -0.2) is 4.68 Å². The fraction of sp³-hybridized carbons (Fsp3) is 0.692. The Morgan fingerprint density at radius 2 is 2.19 bits per heavy atom. The molecule has 1 rings (SSSR count). The van der Waals surface area contributed by atoms with Gasteiger partial charge in [-0.2, -0.15) is 5.10 Å². The van der Waals surface area contributed by atoms with E-state index in [0.29, 0.717) is 16.8 Å². The summed E-state index contributed by atoms with van der Waals surface area (Å²) in [5.74, 6) is 0. The van der Waals surface area contributed by atoms with Gasteiger partial charge in [-0.15, -0.1) is 0 Å². The van der Waals surface area contributed by atoms with Gasteiger partial charge in [-0.05, 0) is 28.9 Å². The molecule has 0 radical (unpaired) electrons. The molecule has 1 heterocycles. The monoisotopic (exact) mass is 377 g/mol. The molecule has 0 aliphatic rings. The van der Waals surface area contributed by atoms with E-state index < -0.39 is 8.07 Å². The van der Waals surface area contributed by atoms with Crippen molar-refractivity contribution in [2.24, 2.45) is 0 Å². The van der Waals surface area contributed by atoms with Crippen molar-refractivity contribution in [2.45, 2.75) is 45.4 Å². The molecule has 0 aliphatic heterocycles. The number of halogens is 1. The lowest BCUT2D eigenvalue weighted by molar-refractivity contribution is 0.0748. The van der Waals surface area contributed by atoms with Crippen molar-refractivity contribution in [1.82, 2.24) is 9.78 Å². The number of aliphatic hydroxyl groups excluding tert-OH is 1. The van der Waals surface area contributed by atoms with Gasteiger partial charge >= 0.3 is 0 Å². The number of aromatic nitrogens is 2. The van der Waals surface area contributed by atoms with Gasteiger partial charge in [0.05, 0.1) is 18.5 Å². The lowest BCUT2D eigenvalue weighted by Crippen LogP contribution is -2.28. The number of rotatable bonds is 8. The van der Waals surface area contributed by atoms with E-state index in [4.69, 9.17) is 9.84 Å². The molecule has 0 bridgehead atoms. The molecular formula is C13H24BrN3O3Si. The minimum Gasteiger partial charge on any atom is -0.394 e. The first-order valence-electron chi connectivity index (χ1n) is 6.95. The largest absolute Gasteiger partial charge is 0.394 e. The van der Waals surface area contributed by atoms with Crippen molar-refractivity contribution in [3.63, 3.8) is 0 Å². The van der Waals surface area contributed by atoms with Gasteiger partial charge in [0.2, 0.25) is 0 Å². The molecule has 0 fully saturated rings. The molecule has 1 aromatic rings.